The van der Waals surface area contributed by atoms with Crippen molar-refractivity contribution in [3.63, 3.8) is 0 Å². The summed E-state index contributed by atoms with van der Waals surface area (Å²) < 4.78 is 5.28. The molecule has 0 radical (unpaired) electrons. The number of rotatable bonds is 3. The van der Waals surface area contributed by atoms with E-state index >= 15 is 0 Å². The minimum Gasteiger partial charge on any atom is -0.427 e. The Morgan fingerprint density at radius 2 is 2.20 bits per heavy atom. The fourth-order valence-electron chi connectivity index (χ4n) is 2.31. The Morgan fingerprint density at radius 3 is 2.80 bits per heavy atom. The molecule has 0 amide bonds. The van der Waals surface area contributed by atoms with Crippen LogP contribution < -0.4 is 0 Å². The zero-order valence-electron chi connectivity index (χ0n) is 9.24. The molecule has 2 aliphatic carbocycles. The van der Waals surface area contributed by atoms with Gasteiger partial charge in [0.2, 0.25) is 0 Å². The van der Waals surface area contributed by atoms with Gasteiger partial charge in [0, 0.05) is 6.42 Å². The Hall–Kier alpha value is -1.05. The van der Waals surface area contributed by atoms with Crippen molar-refractivity contribution in [1.29, 1.82) is 0 Å². The smallest absolute Gasteiger partial charge is 0.311 e. The predicted octanol–water partition coefficient (Wildman–Crippen LogP) is 3.20. The Kier molecular flexibility index (Phi) is 3.24. The molecule has 1 unspecified atom stereocenters. The quantitative estimate of drug-likeness (QED) is 0.663. The standard InChI is InChI=1S/C13H18O2/c1-10-6-7-12(8-10)15-13(14)9-11-4-2-3-5-11/h6-8,10-11H,2-5,9H2,1H3. The van der Waals surface area contributed by atoms with Crippen LogP contribution in [0.1, 0.15) is 39.0 Å². The molecule has 0 aliphatic heterocycles. The zero-order chi connectivity index (χ0) is 10.7. The lowest BCUT2D eigenvalue weighted by Gasteiger charge is -2.08. The van der Waals surface area contributed by atoms with Gasteiger partial charge in [0.1, 0.15) is 5.76 Å². The molecule has 15 heavy (non-hydrogen) atoms. The van der Waals surface area contributed by atoms with E-state index in [1.807, 2.05) is 18.2 Å². The van der Waals surface area contributed by atoms with Crippen LogP contribution in [0.25, 0.3) is 0 Å². The fourth-order valence-corrected chi connectivity index (χ4v) is 2.31. The van der Waals surface area contributed by atoms with Crippen LogP contribution in [-0.2, 0) is 9.53 Å². The highest BCUT2D eigenvalue weighted by Crippen LogP contribution is 2.28. The van der Waals surface area contributed by atoms with Crippen molar-refractivity contribution in [3.05, 3.63) is 24.0 Å². The van der Waals surface area contributed by atoms with Crippen molar-refractivity contribution in [2.75, 3.05) is 0 Å². The molecule has 2 rings (SSSR count). The molecule has 0 N–H and O–H groups in total. The molecule has 0 saturated heterocycles. The lowest BCUT2D eigenvalue weighted by Crippen LogP contribution is -2.08. The van der Waals surface area contributed by atoms with Crippen LogP contribution in [0.4, 0.5) is 0 Å². The molecule has 0 bridgehead atoms. The van der Waals surface area contributed by atoms with E-state index in [0.717, 1.165) is 5.76 Å². The van der Waals surface area contributed by atoms with Gasteiger partial charge < -0.3 is 4.74 Å². The van der Waals surface area contributed by atoms with E-state index in [0.29, 0.717) is 18.3 Å². The molecular weight excluding hydrogens is 188 g/mol. The topological polar surface area (TPSA) is 26.3 Å². The number of ether oxygens (including phenoxy) is 1. The molecule has 0 aromatic heterocycles. The predicted molar refractivity (Wildman–Crippen MR) is 59.1 cm³/mol. The molecule has 2 aliphatic rings. The van der Waals surface area contributed by atoms with Crippen LogP contribution in [0.2, 0.25) is 0 Å². The van der Waals surface area contributed by atoms with Gasteiger partial charge in [-0.15, -0.1) is 0 Å². The van der Waals surface area contributed by atoms with E-state index in [1.165, 1.54) is 25.7 Å². The summed E-state index contributed by atoms with van der Waals surface area (Å²) in [5.41, 5.74) is 0. The SMILES string of the molecule is CC1C=CC(OC(=O)CC2CCCC2)=C1. The van der Waals surface area contributed by atoms with Gasteiger partial charge in [0.15, 0.2) is 0 Å². The molecule has 1 fully saturated rings. The first-order valence-electron chi connectivity index (χ1n) is 5.85. The minimum atomic E-state index is -0.0631. The molecule has 82 valence electrons. The molecule has 0 heterocycles. The van der Waals surface area contributed by atoms with E-state index in [2.05, 4.69) is 6.92 Å². The second-order valence-electron chi connectivity index (χ2n) is 4.62. The van der Waals surface area contributed by atoms with Crippen LogP contribution in [0.5, 0.6) is 0 Å². The highest BCUT2D eigenvalue weighted by molar-refractivity contribution is 5.71. The number of carbonyl (C=O) groups is 1. The first-order valence-corrected chi connectivity index (χ1v) is 5.85. The van der Waals surface area contributed by atoms with Gasteiger partial charge in [0.05, 0.1) is 0 Å². The zero-order valence-corrected chi connectivity index (χ0v) is 9.24. The van der Waals surface area contributed by atoms with Crippen LogP contribution in [-0.4, -0.2) is 5.97 Å². The first kappa shape index (κ1) is 10.5. The van der Waals surface area contributed by atoms with Crippen LogP contribution >= 0.6 is 0 Å². The Labute approximate surface area is 91.0 Å². The number of hydrogen-bond acceptors (Lipinski definition) is 2. The second kappa shape index (κ2) is 4.65. The van der Waals surface area contributed by atoms with Gasteiger partial charge in [0.25, 0.3) is 0 Å². The van der Waals surface area contributed by atoms with E-state index in [9.17, 15) is 4.79 Å². The van der Waals surface area contributed by atoms with Crippen LogP contribution in [0.15, 0.2) is 24.0 Å². The maximum atomic E-state index is 11.6. The second-order valence-corrected chi connectivity index (χ2v) is 4.62. The molecule has 1 atom stereocenters. The van der Waals surface area contributed by atoms with Gasteiger partial charge in [-0.05, 0) is 36.8 Å². The normalized spacial score (nSPS) is 25.7. The van der Waals surface area contributed by atoms with Crippen molar-refractivity contribution >= 4 is 5.97 Å². The number of allylic oxidation sites excluding steroid dienone is 3. The summed E-state index contributed by atoms with van der Waals surface area (Å²) >= 11 is 0. The van der Waals surface area contributed by atoms with Gasteiger partial charge in [-0.3, -0.25) is 4.79 Å². The molecule has 2 heteroatoms. The number of hydrogen-bond donors (Lipinski definition) is 0. The summed E-state index contributed by atoms with van der Waals surface area (Å²) in [7, 11) is 0. The third kappa shape index (κ3) is 2.95. The molecular formula is C13H18O2. The monoisotopic (exact) mass is 206 g/mol. The van der Waals surface area contributed by atoms with E-state index in [-0.39, 0.29) is 5.97 Å². The van der Waals surface area contributed by atoms with Crippen molar-refractivity contribution in [1.82, 2.24) is 0 Å². The van der Waals surface area contributed by atoms with Crippen LogP contribution in [0, 0.1) is 11.8 Å². The Morgan fingerprint density at radius 1 is 1.47 bits per heavy atom. The summed E-state index contributed by atoms with van der Waals surface area (Å²) in [6.45, 7) is 2.08. The Balaban J connectivity index is 1.77. The number of carbonyl (C=O) groups excluding carboxylic acids is 1. The number of esters is 1. The van der Waals surface area contributed by atoms with E-state index < -0.39 is 0 Å². The van der Waals surface area contributed by atoms with Crippen LogP contribution in [0.3, 0.4) is 0 Å². The maximum Gasteiger partial charge on any atom is 0.311 e. The van der Waals surface area contributed by atoms with Crippen molar-refractivity contribution in [2.24, 2.45) is 11.8 Å². The molecule has 0 aromatic rings. The first-order chi connectivity index (χ1) is 7.24. The van der Waals surface area contributed by atoms with Gasteiger partial charge in [-0.25, -0.2) is 0 Å². The molecule has 2 nitrogen and oxygen atoms in total. The minimum absolute atomic E-state index is 0.0631. The maximum absolute atomic E-state index is 11.6. The summed E-state index contributed by atoms with van der Waals surface area (Å²) in [5, 5.41) is 0. The summed E-state index contributed by atoms with van der Waals surface area (Å²) in [4.78, 5) is 11.6. The summed E-state index contributed by atoms with van der Waals surface area (Å²) in [6.07, 6.45) is 11.4. The van der Waals surface area contributed by atoms with Gasteiger partial charge >= 0.3 is 5.97 Å². The lowest BCUT2D eigenvalue weighted by molar-refractivity contribution is -0.140. The average Bonchev–Trinajstić information content (AvgIpc) is 2.77. The fraction of sp³-hybridized carbons (Fsp3) is 0.615. The third-order valence-electron chi connectivity index (χ3n) is 3.15. The highest BCUT2D eigenvalue weighted by Gasteiger charge is 2.20. The van der Waals surface area contributed by atoms with Gasteiger partial charge in [-0.2, -0.15) is 0 Å². The van der Waals surface area contributed by atoms with E-state index in [1.54, 1.807) is 0 Å². The third-order valence-corrected chi connectivity index (χ3v) is 3.15. The summed E-state index contributed by atoms with van der Waals surface area (Å²) in [5.74, 6) is 1.64. The Bertz CT molecular complexity index is 296. The summed E-state index contributed by atoms with van der Waals surface area (Å²) in [6, 6.07) is 0. The lowest BCUT2D eigenvalue weighted by atomic mass is 10.0. The van der Waals surface area contributed by atoms with Crippen molar-refractivity contribution < 1.29 is 9.53 Å². The molecule has 0 aromatic carbocycles. The highest BCUT2D eigenvalue weighted by atomic mass is 16.5. The van der Waals surface area contributed by atoms with Crippen molar-refractivity contribution in [2.45, 2.75) is 39.0 Å². The molecule has 1 saturated carbocycles. The average molecular weight is 206 g/mol. The molecule has 0 spiro atoms. The van der Waals surface area contributed by atoms with Gasteiger partial charge in [-0.1, -0.05) is 25.8 Å². The largest absolute Gasteiger partial charge is 0.427 e. The van der Waals surface area contributed by atoms with E-state index in [4.69, 9.17) is 4.74 Å². The van der Waals surface area contributed by atoms with Crippen molar-refractivity contribution in [3.8, 4) is 0 Å².